The molecule has 7 heteroatoms. The normalized spacial score (nSPS) is 16.2. The van der Waals surface area contributed by atoms with Crippen LogP contribution in [-0.4, -0.2) is 12.1 Å². The summed E-state index contributed by atoms with van der Waals surface area (Å²) in [5.41, 5.74) is -1.48. The SMILES string of the molecule is O=C(Nc1ccc(F)c(C(F)(F)F)c1)NC1CCCC1. The van der Waals surface area contributed by atoms with Gasteiger partial charge in [0.05, 0.1) is 5.56 Å². The van der Waals surface area contributed by atoms with Gasteiger partial charge in [0.25, 0.3) is 0 Å². The van der Waals surface area contributed by atoms with Crippen molar-refractivity contribution >= 4 is 11.7 Å². The maximum atomic E-state index is 13.1. The Hall–Kier alpha value is -1.79. The topological polar surface area (TPSA) is 41.1 Å². The lowest BCUT2D eigenvalue weighted by atomic mass is 10.2. The predicted octanol–water partition coefficient (Wildman–Crippen LogP) is 3.91. The lowest BCUT2D eigenvalue weighted by Crippen LogP contribution is -2.36. The fourth-order valence-corrected chi connectivity index (χ4v) is 2.24. The van der Waals surface area contributed by atoms with E-state index in [1.54, 1.807) is 0 Å². The standard InChI is InChI=1S/C13H14F4N2O/c14-11-6-5-9(7-10(11)13(15,16)17)19-12(20)18-8-3-1-2-4-8/h5-8H,1-4H2,(H2,18,19,20). The van der Waals surface area contributed by atoms with Crippen molar-refractivity contribution in [2.75, 3.05) is 5.32 Å². The van der Waals surface area contributed by atoms with E-state index >= 15 is 0 Å². The van der Waals surface area contributed by atoms with Crippen molar-refractivity contribution in [3.05, 3.63) is 29.6 Å². The smallest absolute Gasteiger partial charge is 0.335 e. The van der Waals surface area contributed by atoms with Crippen molar-refractivity contribution in [3.63, 3.8) is 0 Å². The van der Waals surface area contributed by atoms with Gasteiger partial charge in [-0.1, -0.05) is 12.8 Å². The van der Waals surface area contributed by atoms with Crippen LogP contribution in [0, 0.1) is 5.82 Å². The maximum absolute atomic E-state index is 13.1. The second-order valence-electron chi connectivity index (χ2n) is 4.77. The number of nitrogens with one attached hydrogen (secondary N) is 2. The first-order valence-electron chi connectivity index (χ1n) is 6.30. The average Bonchev–Trinajstić information content (AvgIpc) is 2.83. The zero-order valence-electron chi connectivity index (χ0n) is 10.6. The Balaban J connectivity index is 2.04. The van der Waals surface area contributed by atoms with E-state index in [1.165, 1.54) is 0 Å². The summed E-state index contributed by atoms with van der Waals surface area (Å²) in [7, 11) is 0. The highest BCUT2D eigenvalue weighted by atomic mass is 19.4. The van der Waals surface area contributed by atoms with Crippen LogP contribution in [0.15, 0.2) is 18.2 Å². The molecule has 1 aromatic rings. The van der Waals surface area contributed by atoms with Crippen molar-refractivity contribution in [2.24, 2.45) is 0 Å². The van der Waals surface area contributed by atoms with Gasteiger partial charge in [0.15, 0.2) is 0 Å². The molecule has 1 aliphatic rings. The van der Waals surface area contributed by atoms with Crippen LogP contribution in [0.1, 0.15) is 31.2 Å². The van der Waals surface area contributed by atoms with E-state index in [0.717, 1.165) is 31.7 Å². The number of carbonyl (C=O) groups is 1. The Kier molecular flexibility index (Phi) is 4.15. The molecule has 110 valence electrons. The number of urea groups is 1. The third-order valence-electron chi connectivity index (χ3n) is 3.22. The van der Waals surface area contributed by atoms with Crippen molar-refractivity contribution in [1.29, 1.82) is 0 Å². The molecule has 0 unspecified atom stereocenters. The maximum Gasteiger partial charge on any atom is 0.419 e. The minimum absolute atomic E-state index is 0.0533. The van der Waals surface area contributed by atoms with Gasteiger partial charge >= 0.3 is 12.2 Å². The summed E-state index contributed by atoms with van der Waals surface area (Å²) in [6, 6.07) is 1.85. The van der Waals surface area contributed by atoms with Crippen LogP contribution < -0.4 is 10.6 Å². The third kappa shape index (κ3) is 3.61. The van der Waals surface area contributed by atoms with Gasteiger partial charge in [0, 0.05) is 11.7 Å². The van der Waals surface area contributed by atoms with Crippen LogP contribution in [0.5, 0.6) is 0 Å². The molecule has 0 saturated heterocycles. The summed E-state index contributed by atoms with van der Waals surface area (Å²) in [6.45, 7) is 0. The van der Waals surface area contributed by atoms with E-state index in [4.69, 9.17) is 0 Å². The minimum atomic E-state index is -4.79. The Morgan fingerprint density at radius 2 is 1.85 bits per heavy atom. The fourth-order valence-electron chi connectivity index (χ4n) is 2.24. The molecule has 3 nitrogen and oxygen atoms in total. The minimum Gasteiger partial charge on any atom is -0.335 e. The highest BCUT2D eigenvalue weighted by Crippen LogP contribution is 2.33. The van der Waals surface area contributed by atoms with Gasteiger partial charge in [-0.15, -0.1) is 0 Å². The molecule has 2 rings (SSSR count). The number of hydrogen-bond donors (Lipinski definition) is 2. The van der Waals surface area contributed by atoms with Crippen LogP contribution in [0.25, 0.3) is 0 Å². The first-order valence-corrected chi connectivity index (χ1v) is 6.30. The lowest BCUT2D eigenvalue weighted by Gasteiger charge is -2.14. The van der Waals surface area contributed by atoms with Crippen molar-refractivity contribution in [1.82, 2.24) is 5.32 Å². The molecule has 0 heterocycles. The molecule has 20 heavy (non-hydrogen) atoms. The first-order chi connectivity index (χ1) is 9.36. The van der Waals surface area contributed by atoms with E-state index < -0.39 is 23.6 Å². The Bertz CT molecular complexity index is 496. The molecule has 2 N–H and O–H groups in total. The summed E-state index contributed by atoms with van der Waals surface area (Å²) in [5.74, 6) is -1.36. The van der Waals surface area contributed by atoms with Crippen molar-refractivity contribution in [3.8, 4) is 0 Å². The summed E-state index contributed by atoms with van der Waals surface area (Å²) in [6.07, 6.45) is -1.00. The molecular weight excluding hydrogens is 276 g/mol. The van der Waals surface area contributed by atoms with Gasteiger partial charge in [-0.05, 0) is 31.0 Å². The van der Waals surface area contributed by atoms with Crippen LogP contribution in [0.3, 0.4) is 0 Å². The van der Waals surface area contributed by atoms with Crippen LogP contribution in [0.2, 0.25) is 0 Å². The second kappa shape index (κ2) is 5.68. The second-order valence-corrected chi connectivity index (χ2v) is 4.77. The van der Waals surface area contributed by atoms with E-state index in [-0.39, 0.29) is 11.7 Å². The fraction of sp³-hybridized carbons (Fsp3) is 0.462. The van der Waals surface area contributed by atoms with Crippen LogP contribution >= 0.6 is 0 Å². The number of benzene rings is 1. The quantitative estimate of drug-likeness (QED) is 0.797. The lowest BCUT2D eigenvalue weighted by molar-refractivity contribution is -0.139. The molecule has 1 aliphatic carbocycles. The average molecular weight is 290 g/mol. The van der Waals surface area contributed by atoms with Crippen LogP contribution in [0.4, 0.5) is 28.0 Å². The Labute approximate surface area is 113 Å². The molecule has 0 radical (unpaired) electrons. The zero-order chi connectivity index (χ0) is 14.8. The first kappa shape index (κ1) is 14.6. The van der Waals surface area contributed by atoms with E-state index in [1.807, 2.05) is 0 Å². The highest BCUT2D eigenvalue weighted by Gasteiger charge is 2.34. The molecular formula is C13H14F4N2O. The van der Waals surface area contributed by atoms with Crippen LogP contribution in [-0.2, 0) is 6.18 Å². The summed E-state index contributed by atoms with van der Waals surface area (Å²) >= 11 is 0. The molecule has 0 atom stereocenters. The van der Waals surface area contributed by atoms with Gasteiger partial charge in [0.2, 0.25) is 0 Å². The molecule has 0 aliphatic heterocycles. The molecule has 1 saturated carbocycles. The number of amides is 2. The predicted molar refractivity (Wildman–Crippen MR) is 65.8 cm³/mol. The van der Waals surface area contributed by atoms with Gasteiger partial charge in [-0.2, -0.15) is 13.2 Å². The van der Waals surface area contributed by atoms with Crippen molar-refractivity contribution < 1.29 is 22.4 Å². The summed E-state index contributed by atoms with van der Waals surface area (Å²) < 4.78 is 50.7. The van der Waals surface area contributed by atoms with Gasteiger partial charge < -0.3 is 10.6 Å². The number of halogens is 4. The molecule has 0 bridgehead atoms. The molecule has 0 aromatic heterocycles. The Morgan fingerprint density at radius 1 is 1.20 bits per heavy atom. The number of anilines is 1. The molecule has 1 fully saturated rings. The Morgan fingerprint density at radius 3 is 2.45 bits per heavy atom. The highest BCUT2D eigenvalue weighted by molar-refractivity contribution is 5.89. The van der Waals surface area contributed by atoms with E-state index in [0.29, 0.717) is 12.1 Å². The summed E-state index contributed by atoms with van der Waals surface area (Å²) in [5, 5.41) is 4.97. The number of hydrogen-bond acceptors (Lipinski definition) is 1. The van der Waals surface area contributed by atoms with Gasteiger partial charge in [-0.3, -0.25) is 0 Å². The number of rotatable bonds is 2. The molecule has 0 spiro atoms. The third-order valence-corrected chi connectivity index (χ3v) is 3.22. The molecule has 1 aromatic carbocycles. The monoisotopic (exact) mass is 290 g/mol. The molecule has 2 amide bonds. The largest absolute Gasteiger partial charge is 0.419 e. The summed E-state index contributed by atoms with van der Waals surface area (Å²) in [4.78, 5) is 11.6. The number of carbonyl (C=O) groups excluding carboxylic acids is 1. The zero-order valence-corrected chi connectivity index (χ0v) is 10.6. The van der Waals surface area contributed by atoms with Gasteiger partial charge in [0.1, 0.15) is 5.82 Å². The number of alkyl halides is 3. The van der Waals surface area contributed by atoms with Crippen molar-refractivity contribution in [2.45, 2.75) is 37.9 Å². The van der Waals surface area contributed by atoms with Gasteiger partial charge in [-0.25, -0.2) is 9.18 Å². The van der Waals surface area contributed by atoms with E-state index in [2.05, 4.69) is 10.6 Å². The van der Waals surface area contributed by atoms with E-state index in [9.17, 15) is 22.4 Å².